The Kier molecular flexibility index (Phi) is 4.63. The molecule has 0 atom stereocenters. The highest BCUT2D eigenvalue weighted by Gasteiger charge is 2.29. The van der Waals surface area contributed by atoms with Crippen LogP contribution in [0.3, 0.4) is 0 Å². The van der Waals surface area contributed by atoms with Crippen LogP contribution in [0.1, 0.15) is 11.1 Å². The second-order valence-corrected chi connectivity index (χ2v) is 7.61. The first kappa shape index (κ1) is 19.5. The lowest BCUT2D eigenvalue weighted by molar-refractivity contribution is -0.686. The van der Waals surface area contributed by atoms with Gasteiger partial charge in [-0.3, -0.25) is 0 Å². The van der Waals surface area contributed by atoms with Gasteiger partial charge in [-0.2, -0.15) is 4.57 Å². The number of aryl methyl sites for hydroxylation is 2. The Morgan fingerprint density at radius 3 is 2.77 bits per heavy atom. The van der Waals surface area contributed by atoms with E-state index >= 15 is 0 Å². The topological polar surface area (TPSA) is 69.6 Å². The predicted octanol–water partition coefficient (Wildman–Crippen LogP) is 0.0421. The van der Waals surface area contributed by atoms with Crippen LogP contribution in [0.25, 0.3) is 22.0 Å². The highest BCUT2D eigenvalue weighted by Crippen LogP contribution is 2.42. The van der Waals surface area contributed by atoms with E-state index in [0.717, 1.165) is 52.1 Å². The van der Waals surface area contributed by atoms with Crippen molar-refractivity contribution in [1.29, 1.82) is 0 Å². The van der Waals surface area contributed by atoms with Crippen LogP contribution < -0.4 is 31.2 Å². The first-order chi connectivity index (χ1) is 14.7. The minimum atomic E-state index is 0. The SMILES string of the molecule is COc1cc(Cn2ccnc2)c2cc3[n+](cc2c1O)CCc1cc2c(cc1-3)OCO2.[Cl-]. The van der Waals surface area contributed by atoms with Crippen LogP contribution in [0.4, 0.5) is 0 Å². The minimum absolute atomic E-state index is 0. The first-order valence-corrected chi connectivity index (χ1v) is 9.86. The molecule has 0 spiro atoms. The lowest BCUT2D eigenvalue weighted by Crippen LogP contribution is -3.00. The standard InChI is InChI=1S/C23H19N3O4.ClH/c1-28-22-7-15(10-25-5-3-24-12-25)16-8-19-17-9-21-20(29-13-30-21)6-14(17)2-4-26(19)11-18(16)23(22)27;/h3,5-9,11-12H,2,4,10,13H2,1H3;1H. The van der Waals surface area contributed by atoms with Gasteiger partial charge >= 0.3 is 0 Å². The van der Waals surface area contributed by atoms with Crippen LogP contribution in [0.5, 0.6) is 23.0 Å². The summed E-state index contributed by atoms with van der Waals surface area (Å²) in [6.45, 7) is 1.72. The Balaban J connectivity index is 0.00000204. The van der Waals surface area contributed by atoms with Crippen LogP contribution in [0.2, 0.25) is 0 Å². The summed E-state index contributed by atoms with van der Waals surface area (Å²) in [5.41, 5.74) is 4.52. The van der Waals surface area contributed by atoms with Crippen molar-refractivity contribution in [2.24, 2.45) is 0 Å². The van der Waals surface area contributed by atoms with Gasteiger partial charge in [0, 0.05) is 36.8 Å². The number of phenols is 1. The maximum atomic E-state index is 10.8. The predicted molar refractivity (Wildman–Crippen MR) is 109 cm³/mol. The van der Waals surface area contributed by atoms with Gasteiger partial charge in [0.1, 0.15) is 0 Å². The number of ether oxygens (including phenoxy) is 3. The molecule has 158 valence electrons. The van der Waals surface area contributed by atoms with Gasteiger partial charge in [-0.1, -0.05) is 0 Å². The monoisotopic (exact) mass is 437 g/mol. The zero-order valence-electron chi connectivity index (χ0n) is 16.8. The Hall–Kier alpha value is -3.45. The molecule has 2 aliphatic rings. The molecule has 0 unspecified atom stereocenters. The van der Waals surface area contributed by atoms with Crippen molar-refractivity contribution in [2.45, 2.75) is 19.5 Å². The molecule has 4 heterocycles. The third-order valence-corrected chi connectivity index (χ3v) is 5.93. The second-order valence-electron chi connectivity index (χ2n) is 7.61. The third-order valence-electron chi connectivity index (χ3n) is 5.93. The molecule has 2 aliphatic heterocycles. The van der Waals surface area contributed by atoms with E-state index in [4.69, 9.17) is 14.2 Å². The molecule has 31 heavy (non-hydrogen) atoms. The van der Waals surface area contributed by atoms with Gasteiger partial charge in [0.2, 0.25) is 12.5 Å². The highest BCUT2D eigenvalue weighted by atomic mass is 35.5. The Bertz CT molecular complexity index is 1300. The molecule has 0 bridgehead atoms. The number of pyridine rings is 1. The van der Waals surface area contributed by atoms with E-state index in [2.05, 4.69) is 27.8 Å². The largest absolute Gasteiger partial charge is 1.00 e. The molecule has 6 rings (SSSR count). The summed E-state index contributed by atoms with van der Waals surface area (Å²) in [4.78, 5) is 4.14. The number of aromatic hydroxyl groups is 1. The first-order valence-electron chi connectivity index (χ1n) is 9.86. The zero-order valence-corrected chi connectivity index (χ0v) is 17.6. The number of benzene rings is 2. The van der Waals surface area contributed by atoms with Crippen LogP contribution in [0, 0.1) is 0 Å². The van der Waals surface area contributed by atoms with Crippen molar-refractivity contribution in [1.82, 2.24) is 9.55 Å². The van der Waals surface area contributed by atoms with E-state index in [1.807, 2.05) is 23.0 Å². The molecule has 8 heteroatoms. The molecule has 2 aromatic carbocycles. The van der Waals surface area contributed by atoms with E-state index in [-0.39, 0.29) is 24.9 Å². The van der Waals surface area contributed by atoms with Crippen molar-refractivity contribution in [3.63, 3.8) is 0 Å². The van der Waals surface area contributed by atoms with Crippen LogP contribution in [-0.4, -0.2) is 28.6 Å². The summed E-state index contributed by atoms with van der Waals surface area (Å²) >= 11 is 0. The lowest BCUT2D eigenvalue weighted by atomic mass is 9.94. The molecule has 0 aliphatic carbocycles. The Labute approximate surface area is 184 Å². The summed E-state index contributed by atoms with van der Waals surface area (Å²) in [6, 6.07) is 8.20. The van der Waals surface area contributed by atoms with Crippen molar-refractivity contribution in [3.05, 3.63) is 60.3 Å². The second kappa shape index (κ2) is 7.35. The zero-order chi connectivity index (χ0) is 20.2. The molecule has 0 saturated carbocycles. The van der Waals surface area contributed by atoms with Crippen molar-refractivity contribution >= 4 is 10.8 Å². The summed E-state index contributed by atoms with van der Waals surface area (Å²) < 4.78 is 20.8. The molecule has 7 nitrogen and oxygen atoms in total. The maximum Gasteiger partial charge on any atom is 0.231 e. The van der Waals surface area contributed by atoms with Crippen molar-refractivity contribution in [2.75, 3.05) is 13.9 Å². The van der Waals surface area contributed by atoms with Gasteiger partial charge in [-0.15, -0.1) is 0 Å². The molecule has 2 aromatic heterocycles. The third kappa shape index (κ3) is 3.04. The number of rotatable bonds is 3. The quantitative estimate of drug-likeness (QED) is 0.458. The smallest absolute Gasteiger partial charge is 0.231 e. The van der Waals surface area contributed by atoms with E-state index in [9.17, 15) is 5.11 Å². The molecule has 0 radical (unpaired) electrons. The number of hydrogen-bond acceptors (Lipinski definition) is 5. The summed E-state index contributed by atoms with van der Waals surface area (Å²) in [6.07, 6.45) is 8.38. The average molecular weight is 438 g/mol. The van der Waals surface area contributed by atoms with Gasteiger partial charge in [0.25, 0.3) is 0 Å². The maximum absolute atomic E-state index is 10.8. The van der Waals surface area contributed by atoms with Gasteiger partial charge in [-0.25, -0.2) is 4.98 Å². The number of nitrogens with zero attached hydrogens (tertiary/aromatic N) is 3. The highest BCUT2D eigenvalue weighted by molar-refractivity contribution is 5.94. The van der Waals surface area contributed by atoms with Crippen molar-refractivity contribution in [3.8, 4) is 34.3 Å². The Morgan fingerprint density at radius 2 is 2.00 bits per heavy atom. The molecular weight excluding hydrogens is 418 g/mol. The number of phenolic OH excluding ortho intramolecular Hbond substituents is 1. The number of halogens is 1. The number of hydrogen-bond donors (Lipinski definition) is 1. The summed E-state index contributed by atoms with van der Waals surface area (Å²) in [5, 5.41) is 12.6. The normalized spacial score (nSPS) is 13.5. The van der Waals surface area contributed by atoms with Gasteiger partial charge in [0.15, 0.2) is 35.7 Å². The van der Waals surface area contributed by atoms with E-state index in [0.29, 0.717) is 12.3 Å². The van der Waals surface area contributed by atoms with Gasteiger partial charge in [0.05, 0.1) is 24.4 Å². The average Bonchev–Trinajstić information content (AvgIpc) is 3.44. The molecule has 0 fully saturated rings. The fourth-order valence-electron chi connectivity index (χ4n) is 4.43. The molecule has 4 aromatic rings. The fourth-order valence-corrected chi connectivity index (χ4v) is 4.43. The van der Waals surface area contributed by atoms with Crippen molar-refractivity contribution < 1.29 is 36.3 Å². The number of fused-ring (bicyclic) bond motifs is 5. The van der Waals surface area contributed by atoms with E-state index < -0.39 is 0 Å². The fraction of sp³-hybridized carbons (Fsp3) is 0.217. The number of methoxy groups -OCH3 is 1. The molecule has 0 saturated heterocycles. The van der Waals surface area contributed by atoms with E-state index in [1.54, 1.807) is 19.6 Å². The molecule has 1 N–H and O–H groups in total. The van der Waals surface area contributed by atoms with Crippen LogP contribution in [-0.2, 0) is 19.5 Å². The Morgan fingerprint density at radius 1 is 1.16 bits per heavy atom. The molecular formula is C23H20ClN3O4. The summed E-state index contributed by atoms with van der Waals surface area (Å²) in [5.74, 6) is 2.22. The van der Waals surface area contributed by atoms with Crippen LogP contribution in [0.15, 0.2) is 49.2 Å². The summed E-state index contributed by atoms with van der Waals surface area (Å²) in [7, 11) is 1.58. The number of imidazole rings is 1. The van der Waals surface area contributed by atoms with Gasteiger partial charge < -0.3 is 36.3 Å². The molecule has 0 amide bonds. The van der Waals surface area contributed by atoms with Crippen LogP contribution >= 0.6 is 0 Å². The lowest BCUT2D eigenvalue weighted by Gasteiger charge is -2.18. The van der Waals surface area contributed by atoms with E-state index in [1.165, 1.54) is 5.56 Å². The minimum Gasteiger partial charge on any atom is -1.00 e. The number of aromatic nitrogens is 3. The van der Waals surface area contributed by atoms with Gasteiger partial charge in [-0.05, 0) is 29.3 Å².